The second-order valence-corrected chi connectivity index (χ2v) is 2.45. The van der Waals surface area contributed by atoms with Crippen molar-refractivity contribution in [2.75, 3.05) is 20.2 Å². The van der Waals surface area contributed by atoms with Crippen molar-refractivity contribution in [1.29, 1.82) is 0 Å². The Morgan fingerprint density at radius 1 is 1.55 bits per heavy atom. The van der Waals surface area contributed by atoms with Crippen molar-refractivity contribution in [3.8, 4) is 0 Å². The summed E-state index contributed by atoms with van der Waals surface area (Å²) in [5.74, 6) is -2.69. The summed E-state index contributed by atoms with van der Waals surface area (Å²) in [5, 5.41) is 2.61. The first-order valence-electron chi connectivity index (χ1n) is 3.28. The lowest BCUT2D eigenvalue weighted by Crippen LogP contribution is -2.50. The molecule has 0 aromatic rings. The molecule has 5 heteroatoms. The van der Waals surface area contributed by atoms with Gasteiger partial charge in [-0.15, -0.1) is 12.4 Å². The smallest absolute Gasteiger partial charge is 0.285 e. The lowest BCUT2D eigenvalue weighted by Gasteiger charge is -2.30. The van der Waals surface area contributed by atoms with Crippen LogP contribution in [0.2, 0.25) is 0 Å². The van der Waals surface area contributed by atoms with Gasteiger partial charge >= 0.3 is 0 Å². The van der Waals surface area contributed by atoms with E-state index in [4.69, 9.17) is 0 Å². The average Bonchev–Trinajstić information content (AvgIpc) is 1.87. The third kappa shape index (κ3) is 2.54. The van der Waals surface area contributed by atoms with Gasteiger partial charge in [0.05, 0.1) is 6.54 Å². The van der Waals surface area contributed by atoms with Crippen molar-refractivity contribution >= 4 is 12.4 Å². The van der Waals surface area contributed by atoms with Gasteiger partial charge in [0.1, 0.15) is 6.10 Å². The number of nitrogens with one attached hydrogen (secondary N) is 1. The summed E-state index contributed by atoms with van der Waals surface area (Å²) in [7, 11) is 1.32. The Labute approximate surface area is 70.7 Å². The molecule has 1 aliphatic rings. The first kappa shape index (κ1) is 11.1. The van der Waals surface area contributed by atoms with Crippen LogP contribution in [-0.4, -0.2) is 32.2 Å². The minimum atomic E-state index is -2.69. The van der Waals surface area contributed by atoms with Gasteiger partial charge in [0.25, 0.3) is 5.92 Å². The molecule has 0 bridgehead atoms. The van der Waals surface area contributed by atoms with Crippen molar-refractivity contribution in [3.63, 3.8) is 0 Å². The molecule has 0 saturated carbocycles. The highest BCUT2D eigenvalue weighted by atomic mass is 35.5. The van der Waals surface area contributed by atoms with Crippen LogP contribution in [0.15, 0.2) is 0 Å². The zero-order chi connectivity index (χ0) is 7.61. The van der Waals surface area contributed by atoms with Gasteiger partial charge in [0.2, 0.25) is 0 Å². The zero-order valence-electron chi connectivity index (χ0n) is 6.27. The number of ether oxygens (including phenoxy) is 1. The Morgan fingerprint density at radius 3 is 2.55 bits per heavy atom. The maximum Gasteiger partial charge on any atom is 0.285 e. The fraction of sp³-hybridized carbons (Fsp3) is 1.00. The van der Waals surface area contributed by atoms with Crippen LogP contribution < -0.4 is 5.32 Å². The number of hydrogen-bond acceptors (Lipinski definition) is 2. The third-order valence-corrected chi connectivity index (χ3v) is 1.70. The van der Waals surface area contributed by atoms with Crippen LogP contribution in [0.4, 0.5) is 8.78 Å². The first-order chi connectivity index (χ1) is 4.67. The van der Waals surface area contributed by atoms with Gasteiger partial charge in [0.15, 0.2) is 0 Å². The minimum Gasteiger partial charge on any atom is -0.375 e. The maximum atomic E-state index is 12.7. The fourth-order valence-corrected chi connectivity index (χ4v) is 1.10. The SMILES string of the molecule is COC1CCNCC1(F)F.Cl. The number of alkyl halides is 2. The summed E-state index contributed by atoms with van der Waals surface area (Å²) in [6.07, 6.45) is -0.502. The first-order valence-corrected chi connectivity index (χ1v) is 3.28. The summed E-state index contributed by atoms with van der Waals surface area (Å²) in [6, 6.07) is 0. The van der Waals surface area contributed by atoms with Crippen molar-refractivity contribution in [2.45, 2.75) is 18.4 Å². The third-order valence-electron chi connectivity index (χ3n) is 1.70. The van der Waals surface area contributed by atoms with Crippen LogP contribution in [0.3, 0.4) is 0 Å². The van der Waals surface area contributed by atoms with E-state index < -0.39 is 12.0 Å². The molecule has 1 N–H and O–H groups in total. The Hall–Kier alpha value is 0.0700. The molecule has 0 radical (unpaired) electrons. The van der Waals surface area contributed by atoms with E-state index in [0.29, 0.717) is 13.0 Å². The predicted molar refractivity (Wildman–Crippen MR) is 40.5 cm³/mol. The lowest BCUT2D eigenvalue weighted by molar-refractivity contribution is -0.135. The van der Waals surface area contributed by atoms with Gasteiger partial charge in [-0.3, -0.25) is 0 Å². The van der Waals surface area contributed by atoms with Gasteiger partial charge in [-0.25, -0.2) is 8.78 Å². The highest BCUT2D eigenvalue weighted by Crippen LogP contribution is 2.24. The summed E-state index contributed by atoms with van der Waals surface area (Å²) in [6.45, 7) is 0.361. The van der Waals surface area contributed by atoms with E-state index in [-0.39, 0.29) is 19.0 Å². The van der Waals surface area contributed by atoms with E-state index in [0.717, 1.165) is 0 Å². The Kier molecular flexibility index (Phi) is 4.21. The molecule has 68 valence electrons. The van der Waals surface area contributed by atoms with E-state index in [1.54, 1.807) is 0 Å². The highest BCUT2D eigenvalue weighted by molar-refractivity contribution is 5.85. The molecule has 11 heavy (non-hydrogen) atoms. The zero-order valence-corrected chi connectivity index (χ0v) is 7.09. The monoisotopic (exact) mass is 187 g/mol. The number of halogens is 3. The Bertz CT molecular complexity index is 123. The van der Waals surface area contributed by atoms with E-state index in [1.165, 1.54) is 7.11 Å². The van der Waals surface area contributed by atoms with Crippen LogP contribution in [0.1, 0.15) is 6.42 Å². The topological polar surface area (TPSA) is 21.3 Å². The van der Waals surface area contributed by atoms with Crippen molar-refractivity contribution in [1.82, 2.24) is 5.32 Å². The van der Waals surface area contributed by atoms with Crippen LogP contribution in [0, 0.1) is 0 Å². The largest absolute Gasteiger partial charge is 0.375 e. The standard InChI is InChI=1S/C6H11F2NO.ClH/c1-10-5-2-3-9-4-6(5,7)8;/h5,9H,2-4H2,1H3;1H. The van der Waals surface area contributed by atoms with Crippen LogP contribution in [0.5, 0.6) is 0 Å². The van der Waals surface area contributed by atoms with E-state index in [2.05, 4.69) is 10.1 Å². The summed E-state index contributed by atoms with van der Waals surface area (Å²) >= 11 is 0. The molecule has 1 heterocycles. The summed E-state index contributed by atoms with van der Waals surface area (Å²) in [5.41, 5.74) is 0. The molecule has 1 atom stereocenters. The second-order valence-electron chi connectivity index (χ2n) is 2.45. The molecule has 1 aliphatic heterocycles. The van der Waals surface area contributed by atoms with Gasteiger partial charge in [0, 0.05) is 7.11 Å². The molecule has 1 unspecified atom stereocenters. The van der Waals surface area contributed by atoms with Gasteiger partial charge in [-0.05, 0) is 13.0 Å². The molecular weight excluding hydrogens is 176 g/mol. The van der Waals surface area contributed by atoms with Crippen LogP contribution in [0.25, 0.3) is 0 Å². The molecule has 0 aromatic carbocycles. The van der Waals surface area contributed by atoms with Crippen molar-refractivity contribution < 1.29 is 13.5 Å². The molecule has 1 fully saturated rings. The Morgan fingerprint density at radius 2 is 2.18 bits per heavy atom. The number of methoxy groups -OCH3 is 1. The van der Waals surface area contributed by atoms with Crippen molar-refractivity contribution in [3.05, 3.63) is 0 Å². The number of hydrogen-bond donors (Lipinski definition) is 1. The molecule has 0 aliphatic carbocycles. The quantitative estimate of drug-likeness (QED) is 0.663. The molecule has 0 spiro atoms. The average molecular weight is 188 g/mol. The normalized spacial score (nSPS) is 29.2. The highest BCUT2D eigenvalue weighted by Gasteiger charge is 2.41. The summed E-state index contributed by atoms with van der Waals surface area (Å²) in [4.78, 5) is 0. The molecule has 0 aromatic heterocycles. The van der Waals surface area contributed by atoms with Crippen molar-refractivity contribution in [2.24, 2.45) is 0 Å². The molecule has 1 saturated heterocycles. The predicted octanol–water partition coefficient (Wildman–Crippen LogP) is 1.05. The van der Waals surface area contributed by atoms with Gasteiger partial charge in [-0.2, -0.15) is 0 Å². The van der Waals surface area contributed by atoms with Crippen LogP contribution in [-0.2, 0) is 4.74 Å². The number of piperidine rings is 1. The Balaban J connectivity index is 0.000001000. The molecule has 1 rings (SSSR count). The van der Waals surface area contributed by atoms with E-state index >= 15 is 0 Å². The van der Waals surface area contributed by atoms with E-state index in [1.807, 2.05) is 0 Å². The van der Waals surface area contributed by atoms with E-state index in [9.17, 15) is 8.78 Å². The molecule has 0 amide bonds. The summed E-state index contributed by atoms with van der Waals surface area (Å²) < 4.78 is 30.0. The second kappa shape index (κ2) is 4.18. The molecular formula is C6H12ClF2NO. The minimum absolute atomic E-state index is 0. The lowest BCUT2D eigenvalue weighted by atomic mass is 10.1. The van der Waals surface area contributed by atoms with Gasteiger partial charge < -0.3 is 10.1 Å². The van der Waals surface area contributed by atoms with Gasteiger partial charge in [-0.1, -0.05) is 0 Å². The maximum absolute atomic E-state index is 12.7. The number of rotatable bonds is 1. The molecule has 2 nitrogen and oxygen atoms in total. The fourth-order valence-electron chi connectivity index (χ4n) is 1.10. The van der Waals surface area contributed by atoms with Crippen LogP contribution >= 0.6 is 12.4 Å².